The maximum absolute atomic E-state index is 12.5. The van der Waals surface area contributed by atoms with Crippen molar-refractivity contribution in [2.24, 2.45) is 0 Å². The number of fused-ring (bicyclic) bond motifs is 1. The van der Waals surface area contributed by atoms with Gasteiger partial charge in [-0.05, 0) is 41.5 Å². The summed E-state index contributed by atoms with van der Waals surface area (Å²) in [6.45, 7) is 0.786. The lowest BCUT2D eigenvalue weighted by Crippen LogP contribution is -2.23. The summed E-state index contributed by atoms with van der Waals surface area (Å²) in [5.41, 5.74) is 3.93. The van der Waals surface area contributed by atoms with Crippen LogP contribution in [0.25, 0.3) is 0 Å². The van der Waals surface area contributed by atoms with Gasteiger partial charge < -0.3 is 9.64 Å². The fourth-order valence-corrected chi connectivity index (χ4v) is 3.05. The Kier molecular flexibility index (Phi) is 4.23. The van der Waals surface area contributed by atoms with Gasteiger partial charge >= 0.3 is 5.97 Å². The van der Waals surface area contributed by atoms with E-state index < -0.39 is 0 Å². The summed E-state index contributed by atoms with van der Waals surface area (Å²) in [5, 5.41) is 0. The number of anilines is 1. The molecule has 4 rings (SSSR count). The number of benzene rings is 3. The molecule has 0 spiro atoms. The molecule has 4 heteroatoms. The summed E-state index contributed by atoms with van der Waals surface area (Å²) in [7, 11) is 0. The molecule has 0 aromatic heterocycles. The molecule has 0 saturated carbocycles. The number of ether oxygens (including phenoxy) is 1. The minimum Gasteiger partial charge on any atom is -0.457 e. The smallest absolute Gasteiger partial charge is 0.338 e. The number of hydrogen-bond acceptors (Lipinski definition) is 3. The Hall–Kier alpha value is -3.40. The third-order valence-corrected chi connectivity index (χ3v) is 4.45. The first-order chi connectivity index (χ1) is 12.7. The molecule has 0 radical (unpaired) electrons. The maximum Gasteiger partial charge on any atom is 0.338 e. The van der Waals surface area contributed by atoms with E-state index in [0.717, 1.165) is 22.4 Å². The van der Waals surface area contributed by atoms with E-state index in [4.69, 9.17) is 4.74 Å². The fraction of sp³-hybridized carbons (Fsp3) is 0.0909. The first-order valence-electron chi connectivity index (χ1n) is 8.43. The second-order valence-corrected chi connectivity index (χ2v) is 6.16. The van der Waals surface area contributed by atoms with Gasteiger partial charge in [-0.1, -0.05) is 48.5 Å². The quantitative estimate of drug-likeness (QED) is 0.667. The maximum atomic E-state index is 12.5. The number of amides is 1. The topological polar surface area (TPSA) is 46.6 Å². The molecule has 0 saturated heterocycles. The predicted molar refractivity (Wildman–Crippen MR) is 99.0 cm³/mol. The number of rotatable bonds is 4. The van der Waals surface area contributed by atoms with Crippen molar-refractivity contribution in [1.82, 2.24) is 0 Å². The highest BCUT2D eigenvalue weighted by Gasteiger charge is 2.27. The molecule has 0 unspecified atom stereocenters. The lowest BCUT2D eigenvalue weighted by Gasteiger charge is -2.16. The number of esters is 1. The van der Waals surface area contributed by atoms with Crippen molar-refractivity contribution in [3.8, 4) is 0 Å². The molecule has 4 nitrogen and oxygen atoms in total. The largest absolute Gasteiger partial charge is 0.457 e. The molecular weight excluding hydrogens is 326 g/mol. The van der Waals surface area contributed by atoms with Crippen LogP contribution in [0.3, 0.4) is 0 Å². The van der Waals surface area contributed by atoms with E-state index in [9.17, 15) is 9.59 Å². The zero-order valence-electron chi connectivity index (χ0n) is 14.1. The van der Waals surface area contributed by atoms with Gasteiger partial charge in [-0.25, -0.2) is 4.79 Å². The zero-order chi connectivity index (χ0) is 17.9. The van der Waals surface area contributed by atoms with Crippen LogP contribution in [-0.2, 0) is 17.9 Å². The Labute approximate surface area is 151 Å². The molecule has 0 bridgehead atoms. The van der Waals surface area contributed by atoms with Crippen LogP contribution in [0, 0.1) is 0 Å². The third-order valence-electron chi connectivity index (χ3n) is 4.45. The molecule has 0 aliphatic carbocycles. The van der Waals surface area contributed by atoms with Gasteiger partial charge in [0, 0.05) is 11.3 Å². The van der Waals surface area contributed by atoms with Gasteiger partial charge in [0.1, 0.15) is 6.61 Å². The standard InChI is InChI=1S/C22H17NO3/c24-21-20-9-5-4-8-18(20)14-23(21)19-12-10-17(11-13-19)22(25)26-15-16-6-2-1-3-7-16/h1-13H,14-15H2. The van der Waals surface area contributed by atoms with Crippen LogP contribution in [-0.4, -0.2) is 11.9 Å². The summed E-state index contributed by atoms with van der Waals surface area (Å²) >= 11 is 0. The van der Waals surface area contributed by atoms with E-state index in [1.165, 1.54) is 0 Å². The summed E-state index contributed by atoms with van der Waals surface area (Å²) in [4.78, 5) is 26.4. The normalized spacial score (nSPS) is 12.8. The van der Waals surface area contributed by atoms with E-state index in [-0.39, 0.29) is 18.5 Å². The first kappa shape index (κ1) is 16.1. The van der Waals surface area contributed by atoms with Crippen molar-refractivity contribution in [2.75, 3.05) is 4.90 Å². The van der Waals surface area contributed by atoms with Crippen LogP contribution >= 0.6 is 0 Å². The first-order valence-corrected chi connectivity index (χ1v) is 8.43. The molecular formula is C22H17NO3. The van der Waals surface area contributed by atoms with Crippen molar-refractivity contribution < 1.29 is 14.3 Å². The molecule has 1 aliphatic rings. The van der Waals surface area contributed by atoms with Crippen molar-refractivity contribution in [2.45, 2.75) is 13.2 Å². The van der Waals surface area contributed by atoms with Gasteiger partial charge in [-0.15, -0.1) is 0 Å². The number of carbonyl (C=O) groups is 2. The lowest BCUT2D eigenvalue weighted by atomic mass is 10.1. The SMILES string of the molecule is O=C(OCc1ccccc1)c1ccc(N2Cc3ccccc3C2=O)cc1. The van der Waals surface area contributed by atoms with Crippen molar-refractivity contribution in [3.05, 3.63) is 101 Å². The molecule has 26 heavy (non-hydrogen) atoms. The number of hydrogen-bond donors (Lipinski definition) is 0. The van der Waals surface area contributed by atoms with Crippen LogP contribution < -0.4 is 4.90 Å². The lowest BCUT2D eigenvalue weighted by molar-refractivity contribution is 0.0472. The minimum atomic E-state index is -0.378. The van der Waals surface area contributed by atoms with Gasteiger partial charge in [-0.3, -0.25) is 4.79 Å². The highest BCUT2D eigenvalue weighted by Crippen LogP contribution is 2.28. The third kappa shape index (κ3) is 3.09. The molecule has 0 fully saturated rings. The minimum absolute atomic E-state index is 0.0139. The highest BCUT2D eigenvalue weighted by atomic mass is 16.5. The van der Waals surface area contributed by atoms with Gasteiger partial charge in [0.15, 0.2) is 0 Å². The number of nitrogens with zero attached hydrogens (tertiary/aromatic N) is 1. The van der Waals surface area contributed by atoms with Crippen molar-refractivity contribution >= 4 is 17.6 Å². The highest BCUT2D eigenvalue weighted by molar-refractivity contribution is 6.10. The van der Waals surface area contributed by atoms with Crippen LogP contribution in [0.15, 0.2) is 78.9 Å². The van der Waals surface area contributed by atoms with Gasteiger partial charge in [0.05, 0.1) is 12.1 Å². The Balaban J connectivity index is 1.44. The molecule has 1 amide bonds. The zero-order valence-corrected chi connectivity index (χ0v) is 14.1. The average Bonchev–Trinajstić information content (AvgIpc) is 3.04. The average molecular weight is 343 g/mol. The molecule has 0 atom stereocenters. The summed E-state index contributed by atoms with van der Waals surface area (Å²) in [6.07, 6.45) is 0. The predicted octanol–water partition coefficient (Wildman–Crippen LogP) is 4.20. The van der Waals surface area contributed by atoms with E-state index in [0.29, 0.717) is 12.1 Å². The summed E-state index contributed by atoms with van der Waals surface area (Å²) in [5.74, 6) is -0.392. The van der Waals surface area contributed by atoms with E-state index >= 15 is 0 Å². The molecule has 1 heterocycles. The Morgan fingerprint density at radius 1 is 0.885 bits per heavy atom. The van der Waals surface area contributed by atoms with Crippen LogP contribution in [0.1, 0.15) is 31.8 Å². The molecule has 3 aromatic rings. The fourth-order valence-electron chi connectivity index (χ4n) is 3.05. The van der Waals surface area contributed by atoms with Gasteiger partial charge in [0.25, 0.3) is 5.91 Å². The Morgan fingerprint density at radius 3 is 2.31 bits per heavy atom. The Morgan fingerprint density at radius 2 is 1.58 bits per heavy atom. The second kappa shape index (κ2) is 6.84. The van der Waals surface area contributed by atoms with Crippen LogP contribution in [0.5, 0.6) is 0 Å². The van der Waals surface area contributed by atoms with Crippen molar-refractivity contribution in [1.29, 1.82) is 0 Å². The monoisotopic (exact) mass is 343 g/mol. The second-order valence-electron chi connectivity index (χ2n) is 6.16. The Bertz CT molecular complexity index is 949. The number of carbonyl (C=O) groups excluding carboxylic acids is 2. The molecule has 0 N–H and O–H groups in total. The molecule has 1 aliphatic heterocycles. The van der Waals surface area contributed by atoms with Crippen LogP contribution in [0.4, 0.5) is 5.69 Å². The molecule has 3 aromatic carbocycles. The summed E-state index contributed by atoms with van der Waals surface area (Å²) in [6, 6.07) is 24.1. The summed E-state index contributed by atoms with van der Waals surface area (Å²) < 4.78 is 5.33. The van der Waals surface area contributed by atoms with E-state index in [2.05, 4.69) is 0 Å². The van der Waals surface area contributed by atoms with E-state index in [1.807, 2.05) is 54.6 Å². The van der Waals surface area contributed by atoms with Crippen LogP contribution in [0.2, 0.25) is 0 Å². The van der Waals surface area contributed by atoms with Gasteiger partial charge in [-0.2, -0.15) is 0 Å². The van der Waals surface area contributed by atoms with Gasteiger partial charge in [0.2, 0.25) is 0 Å². The molecule has 128 valence electrons. The van der Waals surface area contributed by atoms with E-state index in [1.54, 1.807) is 29.2 Å². The van der Waals surface area contributed by atoms with Crippen molar-refractivity contribution in [3.63, 3.8) is 0 Å².